The Morgan fingerprint density at radius 2 is 1.81 bits per heavy atom. The van der Waals surface area contributed by atoms with E-state index in [2.05, 4.69) is 22.8 Å². The van der Waals surface area contributed by atoms with Crippen molar-refractivity contribution in [3.8, 4) is 0 Å². The minimum Gasteiger partial charge on any atom is -0.423 e. The van der Waals surface area contributed by atoms with Crippen molar-refractivity contribution in [1.82, 2.24) is 9.80 Å². The Morgan fingerprint density at radius 3 is 2.52 bits per heavy atom. The number of nitrogens with zero attached hydrogens (tertiary/aromatic N) is 2. The van der Waals surface area contributed by atoms with Crippen LogP contribution in [0.2, 0.25) is 0 Å². The highest BCUT2D eigenvalue weighted by Gasteiger charge is 2.34. The molecule has 5 heteroatoms. The summed E-state index contributed by atoms with van der Waals surface area (Å²) in [5.74, 6) is 0. The van der Waals surface area contributed by atoms with Crippen molar-refractivity contribution in [3.63, 3.8) is 0 Å². The van der Waals surface area contributed by atoms with Gasteiger partial charge in [-0.15, -0.1) is 0 Å². The normalized spacial score (nSPS) is 21.1. The molecule has 0 radical (unpaired) electrons. The summed E-state index contributed by atoms with van der Waals surface area (Å²) in [5, 5.41) is 12.0. The van der Waals surface area contributed by atoms with Gasteiger partial charge < -0.3 is 14.4 Å². The Kier molecular flexibility index (Phi) is 5.35. The lowest BCUT2D eigenvalue weighted by molar-refractivity contribution is -0.0429. The van der Waals surface area contributed by atoms with Crippen molar-refractivity contribution in [2.24, 2.45) is 0 Å². The second-order valence-electron chi connectivity index (χ2n) is 8.26. The van der Waals surface area contributed by atoms with Gasteiger partial charge in [0, 0.05) is 37.6 Å². The Labute approximate surface area is 160 Å². The number of aliphatic hydroxyl groups is 1. The lowest BCUT2D eigenvalue weighted by Gasteiger charge is -2.40. The summed E-state index contributed by atoms with van der Waals surface area (Å²) in [7, 11) is 0. The lowest BCUT2D eigenvalue weighted by Crippen LogP contribution is -2.50. The number of aryl methyl sites for hydroxylation is 1. The van der Waals surface area contributed by atoms with Crippen LogP contribution in [0.15, 0.2) is 33.5 Å². The fraction of sp³-hybridized carbons (Fsp3) is 0.591. The van der Waals surface area contributed by atoms with E-state index < -0.39 is 5.60 Å². The molecule has 2 aliphatic rings. The summed E-state index contributed by atoms with van der Waals surface area (Å²) in [6.07, 6.45) is 5.06. The first-order valence-electron chi connectivity index (χ1n) is 10.3. The number of rotatable bonds is 5. The number of fused-ring (bicyclic) bond motifs is 1. The average Bonchev–Trinajstić information content (AvgIpc) is 3.16. The van der Waals surface area contributed by atoms with E-state index in [1.165, 1.54) is 18.4 Å². The summed E-state index contributed by atoms with van der Waals surface area (Å²) in [6, 6.07) is 7.70. The van der Waals surface area contributed by atoms with Gasteiger partial charge in [0.05, 0.1) is 5.60 Å². The minimum absolute atomic E-state index is 0.288. The predicted octanol–water partition coefficient (Wildman–Crippen LogP) is 2.78. The maximum Gasteiger partial charge on any atom is 0.336 e. The molecule has 0 atom stereocenters. The predicted molar refractivity (Wildman–Crippen MR) is 107 cm³/mol. The summed E-state index contributed by atoms with van der Waals surface area (Å²) in [5.41, 5.74) is 2.09. The Balaban J connectivity index is 1.46. The molecule has 2 fully saturated rings. The number of benzene rings is 1. The van der Waals surface area contributed by atoms with Crippen LogP contribution < -0.4 is 5.63 Å². The van der Waals surface area contributed by atoms with E-state index in [-0.39, 0.29) is 5.63 Å². The number of β-amino-alcohol motifs (C(OH)–C–C–N with tert-alkyl or cyclic N) is 1. The number of piperidine rings is 1. The topological polar surface area (TPSA) is 56.9 Å². The van der Waals surface area contributed by atoms with Gasteiger partial charge in [0.2, 0.25) is 0 Å². The van der Waals surface area contributed by atoms with Gasteiger partial charge in [-0.2, -0.15) is 0 Å². The molecular weight excluding hydrogens is 340 g/mol. The number of likely N-dealkylation sites (tertiary alicyclic amines) is 2. The quantitative estimate of drug-likeness (QED) is 0.820. The third-order valence-electron chi connectivity index (χ3n) is 6.20. The van der Waals surface area contributed by atoms with Crippen LogP contribution in [-0.4, -0.2) is 53.2 Å². The summed E-state index contributed by atoms with van der Waals surface area (Å²) < 4.78 is 5.38. The molecule has 2 aromatic rings. The molecule has 3 heterocycles. The molecule has 4 rings (SSSR count). The number of hydrogen-bond donors (Lipinski definition) is 1. The maximum absolute atomic E-state index is 12.0. The zero-order valence-corrected chi connectivity index (χ0v) is 16.2. The smallest absolute Gasteiger partial charge is 0.336 e. The van der Waals surface area contributed by atoms with Gasteiger partial charge in [-0.3, -0.25) is 4.90 Å². The van der Waals surface area contributed by atoms with Crippen LogP contribution in [0.5, 0.6) is 0 Å². The van der Waals surface area contributed by atoms with Gasteiger partial charge in [-0.25, -0.2) is 4.79 Å². The van der Waals surface area contributed by atoms with Gasteiger partial charge >= 0.3 is 5.63 Å². The monoisotopic (exact) mass is 370 g/mol. The molecule has 0 unspecified atom stereocenters. The largest absolute Gasteiger partial charge is 0.423 e. The van der Waals surface area contributed by atoms with Crippen LogP contribution in [-0.2, 0) is 13.0 Å². The fourth-order valence-corrected chi connectivity index (χ4v) is 4.51. The molecule has 1 N–H and O–H groups in total. The van der Waals surface area contributed by atoms with Crippen LogP contribution in [0.3, 0.4) is 0 Å². The molecule has 0 saturated carbocycles. The molecule has 2 aliphatic heterocycles. The molecule has 0 amide bonds. The van der Waals surface area contributed by atoms with E-state index in [0.717, 1.165) is 69.5 Å². The average molecular weight is 370 g/mol. The molecule has 0 bridgehead atoms. The molecule has 0 aliphatic carbocycles. The standard InChI is InChI=1S/C22H30N2O3/c1-2-17-5-6-20-19(13-17)18(14-21(25)27-20)15-23-11-7-22(26,8-12-23)16-24-9-3-4-10-24/h5-6,13-14,26H,2-4,7-12,15-16H2,1H3. The van der Waals surface area contributed by atoms with Crippen molar-refractivity contribution in [2.45, 2.75) is 51.2 Å². The zero-order valence-electron chi connectivity index (χ0n) is 16.2. The molecular formula is C22H30N2O3. The van der Waals surface area contributed by atoms with E-state index in [4.69, 9.17) is 4.42 Å². The Morgan fingerprint density at radius 1 is 1.07 bits per heavy atom. The van der Waals surface area contributed by atoms with Crippen LogP contribution in [0.1, 0.15) is 43.7 Å². The van der Waals surface area contributed by atoms with E-state index in [1.54, 1.807) is 6.07 Å². The van der Waals surface area contributed by atoms with Gasteiger partial charge in [0.1, 0.15) is 5.58 Å². The first-order chi connectivity index (χ1) is 13.0. The van der Waals surface area contributed by atoms with Crippen molar-refractivity contribution < 1.29 is 9.52 Å². The van der Waals surface area contributed by atoms with Crippen LogP contribution >= 0.6 is 0 Å². The van der Waals surface area contributed by atoms with Gasteiger partial charge in [-0.05, 0) is 68.5 Å². The maximum atomic E-state index is 12.0. The first kappa shape index (κ1) is 18.7. The highest BCUT2D eigenvalue weighted by Crippen LogP contribution is 2.27. The highest BCUT2D eigenvalue weighted by atomic mass is 16.4. The first-order valence-corrected chi connectivity index (χ1v) is 10.3. The van der Waals surface area contributed by atoms with E-state index >= 15 is 0 Å². The highest BCUT2D eigenvalue weighted by molar-refractivity contribution is 5.80. The van der Waals surface area contributed by atoms with Gasteiger partial charge in [0.25, 0.3) is 0 Å². The molecule has 146 valence electrons. The van der Waals surface area contributed by atoms with Gasteiger partial charge in [0.15, 0.2) is 0 Å². The van der Waals surface area contributed by atoms with Gasteiger partial charge in [-0.1, -0.05) is 13.0 Å². The third kappa shape index (κ3) is 4.26. The molecule has 2 saturated heterocycles. The SMILES string of the molecule is CCc1ccc2oc(=O)cc(CN3CCC(O)(CN4CCCC4)CC3)c2c1. The molecule has 1 aromatic carbocycles. The minimum atomic E-state index is -0.562. The second kappa shape index (κ2) is 7.74. The fourth-order valence-electron chi connectivity index (χ4n) is 4.51. The van der Waals surface area contributed by atoms with Crippen molar-refractivity contribution in [1.29, 1.82) is 0 Å². The third-order valence-corrected chi connectivity index (χ3v) is 6.20. The second-order valence-corrected chi connectivity index (χ2v) is 8.26. The summed E-state index contributed by atoms with van der Waals surface area (Å²) in [4.78, 5) is 16.7. The number of hydrogen-bond acceptors (Lipinski definition) is 5. The van der Waals surface area contributed by atoms with Crippen LogP contribution in [0.4, 0.5) is 0 Å². The van der Waals surface area contributed by atoms with Crippen molar-refractivity contribution >= 4 is 11.0 Å². The Bertz CT molecular complexity index is 846. The zero-order chi connectivity index (χ0) is 18.9. The Hall–Kier alpha value is -1.69. The van der Waals surface area contributed by atoms with E-state index in [9.17, 15) is 9.90 Å². The molecule has 5 nitrogen and oxygen atoms in total. The molecule has 0 spiro atoms. The van der Waals surface area contributed by atoms with Crippen LogP contribution in [0, 0.1) is 0 Å². The van der Waals surface area contributed by atoms with Crippen molar-refractivity contribution in [2.75, 3.05) is 32.7 Å². The van der Waals surface area contributed by atoms with Crippen LogP contribution in [0.25, 0.3) is 11.0 Å². The van der Waals surface area contributed by atoms with E-state index in [0.29, 0.717) is 5.58 Å². The lowest BCUT2D eigenvalue weighted by atomic mass is 9.90. The molecule has 1 aromatic heterocycles. The summed E-state index contributed by atoms with van der Waals surface area (Å²) >= 11 is 0. The summed E-state index contributed by atoms with van der Waals surface area (Å²) in [6.45, 7) is 7.63. The van der Waals surface area contributed by atoms with E-state index in [1.807, 2.05) is 12.1 Å². The molecule has 27 heavy (non-hydrogen) atoms. The van der Waals surface area contributed by atoms with Crippen molar-refractivity contribution in [3.05, 3.63) is 45.8 Å².